The molecule has 1 aromatic heterocycles. The molecule has 1 aliphatic rings. The van der Waals surface area contributed by atoms with Crippen LogP contribution in [0.3, 0.4) is 0 Å². The van der Waals surface area contributed by atoms with Gasteiger partial charge in [-0.05, 0) is 36.4 Å². The molecule has 1 N–H and O–H groups in total. The number of rotatable bonds is 1. The molecule has 0 bridgehead atoms. The van der Waals surface area contributed by atoms with Gasteiger partial charge in [0.15, 0.2) is 0 Å². The van der Waals surface area contributed by atoms with E-state index >= 15 is 0 Å². The number of amides is 1. The summed E-state index contributed by atoms with van der Waals surface area (Å²) in [5.41, 5.74) is 1.76. The van der Waals surface area contributed by atoms with Crippen LogP contribution in [0.25, 0.3) is 10.9 Å². The van der Waals surface area contributed by atoms with Crippen molar-refractivity contribution in [3.05, 3.63) is 36.0 Å². The quantitative estimate of drug-likeness (QED) is 0.847. The minimum Gasteiger partial charge on any atom is -0.391 e. The van der Waals surface area contributed by atoms with Crippen molar-refractivity contribution in [3.8, 4) is 0 Å². The molecule has 0 radical (unpaired) electrons. The predicted molar refractivity (Wildman–Crippen MR) is 74.1 cm³/mol. The van der Waals surface area contributed by atoms with Crippen molar-refractivity contribution in [2.75, 3.05) is 13.1 Å². The number of piperidine rings is 1. The number of carbonyl (C=O) groups excluding carboxylic acids is 1. The largest absolute Gasteiger partial charge is 0.391 e. The summed E-state index contributed by atoms with van der Waals surface area (Å²) in [6, 6.07) is 7.81. The normalized spacial score (nSPS) is 19.9. The Bertz CT molecular complexity index is 618. The number of hydrogen-bond acceptors (Lipinski definition) is 2. The van der Waals surface area contributed by atoms with Gasteiger partial charge in [0, 0.05) is 37.4 Å². The molecule has 4 nitrogen and oxygen atoms in total. The van der Waals surface area contributed by atoms with Crippen LogP contribution in [0.5, 0.6) is 0 Å². The number of carbonyl (C=O) groups is 1. The number of aryl methyl sites for hydroxylation is 1. The molecule has 0 saturated carbocycles. The molecule has 0 aliphatic carbocycles. The molecular formula is C15H18N2O2. The third-order valence-electron chi connectivity index (χ3n) is 3.82. The Morgan fingerprint density at radius 2 is 2.21 bits per heavy atom. The molecule has 1 aromatic carbocycles. The average molecular weight is 258 g/mol. The third-order valence-corrected chi connectivity index (χ3v) is 3.82. The van der Waals surface area contributed by atoms with Crippen LogP contribution in [-0.2, 0) is 7.05 Å². The number of aliphatic hydroxyl groups excluding tert-OH is 1. The number of fused-ring (bicyclic) bond motifs is 1. The maximum atomic E-state index is 12.4. The SMILES string of the molecule is Cn1ccc2ccc(C(=O)N3CCCC(O)C3)cc21. The van der Waals surface area contributed by atoms with Gasteiger partial charge < -0.3 is 14.6 Å². The van der Waals surface area contributed by atoms with E-state index in [1.54, 1.807) is 4.90 Å². The Kier molecular flexibility index (Phi) is 3.03. The molecule has 1 amide bonds. The third kappa shape index (κ3) is 2.24. The summed E-state index contributed by atoms with van der Waals surface area (Å²) in [6.45, 7) is 1.19. The predicted octanol–water partition coefficient (Wildman–Crippen LogP) is 1.78. The summed E-state index contributed by atoms with van der Waals surface area (Å²) in [6.07, 6.45) is 3.28. The number of likely N-dealkylation sites (tertiary alicyclic amines) is 1. The van der Waals surface area contributed by atoms with Crippen LogP contribution in [0, 0.1) is 0 Å². The van der Waals surface area contributed by atoms with E-state index in [4.69, 9.17) is 0 Å². The lowest BCUT2D eigenvalue weighted by Crippen LogP contribution is -2.42. The molecule has 4 heteroatoms. The molecule has 2 heterocycles. The smallest absolute Gasteiger partial charge is 0.254 e. The summed E-state index contributed by atoms with van der Waals surface area (Å²) in [5, 5.41) is 10.8. The van der Waals surface area contributed by atoms with E-state index in [0.29, 0.717) is 12.1 Å². The topological polar surface area (TPSA) is 45.5 Å². The van der Waals surface area contributed by atoms with Crippen molar-refractivity contribution in [1.82, 2.24) is 9.47 Å². The molecule has 1 atom stereocenters. The molecule has 1 saturated heterocycles. The van der Waals surface area contributed by atoms with E-state index in [1.807, 2.05) is 42.1 Å². The van der Waals surface area contributed by atoms with Gasteiger partial charge in [-0.15, -0.1) is 0 Å². The van der Waals surface area contributed by atoms with Gasteiger partial charge in [-0.1, -0.05) is 6.07 Å². The molecule has 1 aliphatic heterocycles. The summed E-state index contributed by atoms with van der Waals surface area (Å²) >= 11 is 0. The molecule has 1 unspecified atom stereocenters. The molecule has 0 spiro atoms. The van der Waals surface area contributed by atoms with Crippen LogP contribution < -0.4 is 0 Å². The zero-order chi connectivity index (χ0) is 13.4. The highest BCUT2D eigenvalue weighted by molar-refractivity contribution is 5.98. The summed E-state index contributed by atoms with van der Waals surface area (Å²) < 4.78 is 2.01. The monoisotopic (exact) mass is 258 g/mol. The Morgan fingerprint density at radius 1 is 1.37 bits per heavy atom. The van der Waals surface area contributed by atoms with Crippen LogP contribution in [0.4, 0.5) is 0 Å². The van der Waals surface area contributed by atoms with Gasteiger partial charge in [0.1, 0.15) is 0 Å². The van der Waals surface area contributed by atoms with E-state index in [9.17, 15) is 9.90 Å². The number of nitrogens with zero attached hydrogens (tertiary/aromatic N) is 2. The van der Waals surface area contributed by atoms with Crippen LogP contribution in [0.15, 0.2) is 30.5 Å². The van der Waals surface area contributed by atoms with Crippen molar-refractivity contribution < 1.29 is 9.90 Å². The van der Waals surface area contributed by atoms with Gasteiger partial charge in [0.2, 0.25) is 0 Å². The van der Waals surface area contributed by atoms with Crippen LogP contribution >= 0.6 is 0 Å². The van der Waals surface area contributed by atoms with Gasteiger partial charge in [-0.3, -0.25) is 4.79 Å². The fraction of sp³-hybridized carbons (Fsp3) is 0.400. The Balaban J connectivity index is 1.90. The second kappa shape index (κ2) is 4.70. The Hall–Kier alpha value is -1.81. The molecule has 3 rings (SSSR count). The first kappa shape index (κ1) is 12.2. The molecule has 19 heavy (non-hydrogen) atoms. The molecular weight excluding hydrogens is 240 g/mol. The lowest BCUT2D eigenvalue weighted by molar-refractivity contribution is 0.0474. The Labute approximate surface area is 112 Å². The highest BCUT2D eigenvalue weighted by Crippen LogP contribution is 2.19. The first-order valence-corrected chi connectivity index (χ1v) is 6.67. The highest BCUT2D eigenvalue weighted by atomic mass is 16.3. The summed E-state index contributed by atoms with van der Waals surface area (Å²) in [7, 11) is 1.97. The minimum absolute atomic E-state index is 0.0156. The number of aromatic nitrogens is 1. The second-order valence-corrected chi connectivity index (χ2v) is 5.25. The van der Waals surface area contributed by atoms with Crippen LogP contribution in [0.2, 0.25) is 0 Å². The number of aliphatic hydroxyl groups is 1. The van der Waals surface area contributed by atoms with Gasteiger partial charge in [0.05, 0.1) is 6.10 Å². The maximum absolute atomic E-state index is 12.4. The van der Waals surface area contributed by atoms with E-state index < -0.39 is 0 Å². The lowest BCUT2D eigenvalue weighted by Gasteiger charge is -2.30. The van der Waals surface area contributed by atoms with Gasteiger partial charge >= 0.3 is 0 Å². The zero-order valence-electron chi connectivity index (χ0n) is 11.0. The lowest BCUT2D eigenvalue weighted by atomic mass is 10.1. The summed E-state index contributed by atoms with van der Waals surface area (Å²) in [5.74, 6) is 0.0156. The van der Waals surface area contributed by atoms with Crippen molar-refractivity contribution in [2.24, 2.45) is 7.05 Å². The van der Waals surface area contributed by atoms with Crippen molar-refractivity contribution in [3.63, 3.8) is 0 Å². The van der Waals surface area contributed by atoms with Crippen molar-refractivity contribution in [2.45, 2.75) is 18.9 Å². The van der Waals surface area contributed by atoms with E-state index in [-0.39, 0.29) is 12.0 Å². The van der Waals surface area contributed by atoms with E-state index in [2.05, 4.69) is 0 Å². The van der Waals surface area contributed by atoms with Crippen LogP contribution in [0.1, 0.15) is 23.2 Å². The van der Waals surface area contributed by atoms with E-state index in [1.165, 1.54) is 0 Å². The molecule has 2 aromatic rings. The fourth-order valence-corrected chi connectivity index (χ4v) is 2.72. The van der Waals surface area contributed by atoms with Crippen molar-refractivity contribution >= 4 is 16.8 Å². The Morgan fingerprint density at radius 3 is 3.00 bits per heavy atom. The average Bonchev–Trinajstić information content (AvgIpc) is 2.79. The minimum atomic E-state index is -0.378. The summed E-state index contributed by atoms with van der Waals surface area (Å²) in [4.78, 5) is 14.2. The van der Waals surface area contributed by atoms with Gasteiger partial charge in [-0.2, -0.15) is 0 Å². The second-order valence-electron chi connectivity index (χ2n) is 5.25. The van der Waals surface area contributed by atoms with Gasteiger partial charge in [-0.25, -0.2) is 0 Å². The van der Waals surface area contributed by atoms with Crippen molar-refractivity contribution in [1.29, 1.82) is 0 Å². The maximum Gasteiger partial charge on any atom is 0.254 e. The van der Waals surface area contributed by atoms with Crippen LogP contribution in [-0.4, -0.2) is 39.7 Å². The highest BCUT2D eigenvalue weighted by Gasteiger charge is 2.23. The fourth-order valence-electron chi connectivity index (χ4n) is 2.72. The first-order valence-electron chi connectivity index (χ1n) is 6.67. The zero-order valence-corrected chi connectivity index (χ0v) is 11.0. The van der Waals surface area contributed by atoms with E-state index in [0.717, 1.165) is 30.3 Å². The number of β-amino-alcohol motifs (C(OH)–C–C–N with tert-alkyl or cyclic N) is 1. The first-order chi connectivity index (χ1) is 9.15. The van der Waals surface area contributed by atoms with Gasteiger partial charge in [0.25, 0.3) is 5.91 Å². The standard InChI is InChI=1S/C15H18N2O2/c1-16-8-6-11-4-5-12(9-14(11)16)15(19)17-7-2-3-13(18)10-17/h4-6,8-9,13,18H,2-3,7,10H2,1H3. The number of hydrogen-bond donors (Lipinski definition) is 1. The molecule has 100 valence electrons. The number of benzene rings is 1. The molecule has 1 fully saturated rings.